The second-order valence-corrected chi connectivity index (χ2v) is 3.41. The normalized spacial score (nSPS) is 10.9. The zero-order valence-corrected chi connectivity index (χ0v) is 7.97. The Morgan fingerprint density at radius 1 is 1.42 bits per heavy atom. The molecule has 0 unspecified atom stereocenters. The molecule has 0 aliphatic carbocycles. The van der Waals surface area contributed by atoms with Gasteiger partial charge in [0.1, 0.15) is 5.82 Å². The van der Waals surface area contributed by atoms with Gasteiger partial charge in [-0.25, -0.2) is 4.98 Å². The maximum atomic E-state index is 4.38. The van der Waals surface area contributed by atoms with E-state index in [1.165, 1.54) is 0 Å². The molecular weight excluding hydrogens is 168 g/mol. The number of benzene rings is 1. The van der Waals surface area contributed by atoms with Gasteiger partial charge in [0.05, 0.1) is 11.0 Å². The zero-order valence-electron chi connectivity index (χ0n) is 7.07. The number of fused-ring (bicyclic) bond motifs is 1. The van der Waals surface area contributed by atoms with Crippen molar-refractivity contribution >= 4 is 23.7 Å². The first-order valence-electron chi connectivity index (χ1n) is 3.80. The third kappa shape index (κ3) is 1.01. The first-order chi connectivity index (χ1) is 5.68. The van der Waals surface area contributed by atoms with Crippen LogP contribution in [-0.2, 0) is 7.05 Å². The van der Waals surface area contributed by atoms with Crippen molar-refractivity contribution in [2.75, 3.05) is 0 Å². The van der Waals surface area contributed by atoms with Crippen LogP contribution < -0.4 is 0 Å². The summed E-state index contributed by atoms with van der Waals surface area (Å²) in [6.45, 7) is 2.00. The van der Waals surface area contributed by atoms with Crippen LogP contribution in [0.1, 0.15) is 5.82 Å². The number of aromatic nitrogens is 2. The number of imidazole rings is 1. The molecule has 0 amide bonds. The van der Waals surface area contributed by atoms with Crippen molar-refractivity contribution in [3.8, 4) is 0 Å². The second kappa shape index (κ2) is 2.52. The standard InChI is InChI=1S/C9H10N2S/c1-6-10-8-4-3-7(12)5-9(8)11(6)2/h3-5,12H,1-2H3. The molecule has 0 saturated heterocycles. The first-order valence-corrected chi connectivity index (χ1v) is 4.25. The molecule has 2 nitrogen and oxygen atoms in total. The second-order valence-electron chi connectivity index (χ2n) is 2.89. The van der Waals surface area contributed by atoms with Crippen LogP contribution in [-0.4, -0.2) is 9.55 Å². The zero-order chi connectivity index (χ0) is 8.72. The molecule has 1 heterocycles. The van der Waals surface area contributed by atoms with Crippen LogP contribution in [0.4, 0.5) is 0 Å². The van der Waals surface area contributed by atoms with E-state index in [-0.39, 0.29) is 0 Å². The third-order valence-electron chi connectivity index (χ3n) is 2.09. The molecule has 1 aromatic heterocycles. The van der Waals surface area contributed by atoms with E-state index in [0.29, 0.717) is 0 Å². The van der Waals surface area contributed by atoms with E-state index in [0.717, 1.165) is 21.8 Å². The lowest BCUT2D eigenvalue weighted by Crippen LogP contribution is -1.89. The van der Waals surface area contributed by atoms with Crippen molar-refractivity contribution in [1.82, 2.24) is 9.55 Å². The quantitative estimate of drug-likeness (QED) is 0.612. The minimum Gasteiger partial charge on any atom is -0.331 e. The summed E-state index contributed by atoms with van der Waals surface area (Å²) in [6.07, 6.45) is 0. The molecule has 0 N–H and O–H groups in total. The molecular formula is C9H10N2S. The smallest absolute Gasteiger partial charge is 0.106 e. The van der Waals surface area contributed by atoms with Crippen molar-refractivity contribution in [1.29, 1.82) is 0 Å². The van der Waals surface area contributed by atoms with Gasteiger partial charge in [0.2, 0.25) is 0 Å². The summed E-state index contributed by atoms with van der Waals surface area (Å²) in [5.74, 6) is 1.03. The fourth-order valence-corrected chi connectivity index (χ4v) is 1.50. The molecule has 1 aromatic carbocycles. The van der Waals surface area contributed by atoms with E-state index < -0.39 is 0 Å². The number of hydrogen-bond donors (Lipinski definition) is 1. The van der Waals surface area contributed by atoms with Gasteiger partial charge in [-0.05, 0) is 25.1 Å². The number of nitrogens with zero attached hydrogens (tertiary/aromatic N) is 2. The highest BCUT2D eigenvalue weighted by molar-refractivity contribution is 7.80. The van der Waals surface area contributed by atoms with Gasteiger partial charge < -0.3 is 4.57 Å². The van der Waals surface area contributed by atoms with Crippen LogP contribution in [0.3, 0.4) is 0 Å². The maximum absolute atomic E-state index is 4.38. The Balaban J connectivity index is 2.88. The maximum Gasteiger partial charge on any atom is 0.106 e. The predicted octanol–water partition coefficient (Wildman–Crippen LogP) is 2.17. The number of hydrogen-bond acceptors (Lipinski definition) is 2. The van der Waals surface area contributed by atoms with Gasteiger partial charge in [-0.15, -0.1) is 12.6 Å². The van der Waals surface area contributed by atoms with Gasteiger partial charge >= 0.3 is 0 Å². The van der Waals surface area contributed by atoms with Crippen LogP contribution in [0.5, 0.6) is 0 Å². The molecule has 2 aromatic rings. The lowest BCUT2D eigenvalue weighted by atomic mass is 10.3. The summed E-state index contributed by atoms with van der Waals surface area (Å²) in [5, 5.41) is 0. The molecule has 0 bridgehead atoms. The molecule has 12 heavy (non-hydrogen) atoms. The van der Waals surface area contributed by atoms with Crippen molar-refractivity contribution in [3.05, 3.63) is 24.0 Å². The highest BCUT2D eigenvalue weighted by atomic mass is 32.1. The van der Waals surface area contributed by atoms with Crippen LogP contribution in [0.15, 0.2) is 23.1 Å². The van der Waals surface area contributed by atoms with E-state index in [4.69, 9.17) is 0 Å². The minimum absolute atomic E-state index is 0.977. The first kappa shape index (κ1) is 7.68. The summed E-state index contributed by atoms with van der Waals surface area (Å²) in [5.41, 5.74) is 2.17. The summed E-state index contributed by atoms with van der Waals surface area (Å²) >= 11 is 4.28. The Morgan fingerprint density at radius 2 is 2.17 bits per heavy atom. The monoisotopic (exact) mass is 178 g/mol. The van der Waals surface area contributed by atoms with Gasteiger partial charge in [0.15, 0.2) is 0 Å². The number of rotatable bonds is 0. The molecule has 0 radical (unpaired) electrons. The van der Waals surface area contributed by atoms with Crippen LogP contribution in [0.2, 0.25) is 0 Å². The summed E-state index contributed by atoms with van der Waals surface area (Å²) in [4.78, 5) is 5.36. The molecule has 0 atom stereocenters. The minimum atomic E-state index is 0.977. The Kier molecular flexibility index (Phi) is 1.61. The van der Waals surface area contributed by atoms with Crippen LogP contribution in [0, 0.1) is 6.92 Å². The molecule has 0 fully saturated rings. The molecule has 0 saturated carbocycles. The van der Waals surface area contributed by atoms with E-state index in [9.17, 15) is 0 Å². The lowest BCUT2D eigenvalue weighted by molar-refractivity contribution is 0.885. The molecule has 0 aliphatic rings. The van der Waals surface area contributed by atoms with E-state index in [1.807, 2.05) is 32.2 Å². The highest BCUT2D eigenvalue weighted by Crippen LogP contribution is 2.17. The number of thiol groups is 1. The summed E-state index contributed by atoms with van der Waals surface area (Å²) in [7, 11) is 2.01. The Bertz CT molecular complexity index is 431. The average molecular weight is 178 g/mol. The lowest BCUT2D eigenvalue weighted by Gasteiger charge is -1.96. The Hall–Kier alpha value is -0.960. The van der Waals surface area contributed by atoms with Crippen molar-refractivity contribution in [3.63, 3.8) is 0 Å². The van der Waals surface area contributed by atoms with Crippen LogP contribution >= 0.6 is 12.6 Å². The summed E-state index contributed by atoms with van der Waals surface area (Å²) in [6, 6.07) is 5.97. The average Bonchev–Trinajstić information content (AvgIpc) is 2.31. The van der Waals surface area contributed by atoms with Gasteiger partial charge in [0.25, 0.3) is 0 Å². The molecule has 62 valence electrons. The Labute approximate surface area is 76.6 Å². The van der Waals surface area contributed by atoms with Crippen molar-refractivity contribution < 1.29 is 0 Å². The molecule has 0 spiro atoms. The SMILES string of the molecule is Cc1nc2ccc(S)cc2n1C. The van der Waals surface area contributed by atoms with Gasteiger partial charge in [-0.2, -0.15) is 0 Å². The highest BCUT2D eigenvalue weighted by Gasteiger charge is 2.02. The molecule has 2 rings (SSSR count). The summed E-state index contributed by atoms with van der Waals surface area (Å²) < 4.78 is 2.06. The number of aryl methyl sites for hydroxylation is 2. The van der Waals surface area contributed by atoms with Gasteiger partial charge in [-0.3, -0.25) is 0 Å². The molecule has 3 heteroatoms. The largest absolute Gasteiger partial charge is 0.331 e. The topological polar surface area (TPSA) is 17.8 Å². The fourth-order valence-electron chi connectivity index (χ4n) is 1.30. The van der Waals surface area contributed by atoms with Crippen molar-refractivity contribution in [2.45, 2.75) is 11.8 Å². The van der Waals surface area contributed by atoms with Crippen LogP contribution in [0.25, 0.3) is 11.0 Å². The fraction of sp³-hybridized carbons (Fsp3) is 0.222. The van der Waals surface area contributed by atoms with E-state index >= 15 is 0 Å². The molecule has 0 aliphatic heterocycles. The van der Waals surface area contributed by atoms with Crippen molar-refractivity contribution in [2.24, 2.45) is 7.05 Å². The van der Waals surface area contributed by atoms with E-state index in [1.54, 1.807) is 0 Å². The predicted molar refractivity (Wildman–Crippen MR) is 52.7 cm³/mol. The van der Waals surface area contributed by atoms with Gasteiger partial charge in [-0.1, -0.05) is 0 Å². The van der Waals surface area contributed by atoms with E-state index in [2.05, 4.69) is 22.2 Å². The third-order valence-corrected chi connectivity index (χ3v) is 2.37. The van der Waals surface area contributed by atoms with Gasteiger partial charge in [0, 0.05) is 11.9 Å². The Morgan fingerprint density at radius 3 is 2.92 bits per heavy atom.